The monoisotopic (exact) mass is 468 g/mol. The van der Waals surface area contributed by atoms with E-state index in [9.17, 15) is 27.6 Å². The Morgan fingerprint density at radius 3 is 2.62 bits per heavy atom. The minimum Gasteiger partial charge on any atom is -0.350 e. The van der Waals surface area contributed by atoms with Crippen LogP contribution in [0, 0.1) is 0 Å². The SMILES string of the molecule is CCN(CC(=O)NCc1cccs1)CC(=O)N1c2ccccc2NC(=O)CC1C(F)(F)F. The minimum atomic E-state index is -4.81. The maximum absolute atomic E-state index is 13.8. The zero-order valence-corrected chi connectivity index (χ0v) is 18.1. The van der Waals surface area contributed by atoms with Gasteiger partial charge in [0.15, 0.2) is 0 Å². The van der Waals surface area contributed by atoms with Crippen LogP contribution in [-0.4, -0.2) is 54.5 Å². The summed E-state index contributed by atoms with van der Waals surface area (Å²) in [6.07, 6.45) is -5.71. The van der Waals surface area contributed by atoms with Crippen LogP contribution in [0.5, 0.6) is 0 Å². The normalized spacial score (nSPS) is 16.3. The van der Waals surface area contributed by atoms with Crippen LogP contribution in [0.25, 0.3) is 0 Å². The molecule has 1 aromatic carbocycles. The van der Waals surface area contributed by atoms with Crippen LogP contribution in [-0.2, 0) is 20.9 Å². The molecule has 1 aliphatic heterocycles. The van der Waals surface area contributed by atoms with Gasteiger partial charge in [-0.3, -0.25) is 24.2 Å². The highest BCUT2D eigenvalue weighted by Gasteiger charge is 2.49. The van der Waals surface area contributed by atoms with Crippen LogP contribution in [0.15, 0.2) is 41.8 Å². The molecule has 1 unspecified atom stereocenters. The number of halogens is 3. The Kier molecular flexibility index (Phi) is 7.52. The predicted octanol–water partition coefficient (Wildman–Crippen LogP) is 2.99. The highest BCUT2D eigenvalue weighted by atomic mass is 32.1. The molecule has 2 N–H and O–H groups in total. The molecule has 2 heterocycles. The summed E-state index contributed by atoms with van der Waals surface area (Å²) in [4.78, 5) is 40.5. The fraction of sp³-hybridized carbons (Fsp3) is 0.381. The smallest absolute Gasteiger partial charge is 0.350 e. The number of para-hydroxylation sites is 2. The molecule has 32 heavy (non-hydrogen) atoms. The largest absolute Gasteiger partial charge is 0.409 e. The van der Waals surface area contributed by atoms with Gasteiger partial charge in [0.1, 0.15) is 6.04 Å². The number of alkyl halides is 3. The number of hydrogen-bond acceptors (Lipinski definition) is 5. The first-order chi connectivity index (χ1) is 15.2. The Labute approximate surface area is 187 Å². The maximum Gasteiger partial charge on any atom is 0.409 e. The second-order valence-corrected chi connectivity index (χ2v) is 8.28. The molecule has 0 aliphatic carbocycles. The summed E-state index contributed by atoms with van der Waals surface area (Å²) < 4.78 is 41.4. The number of likely N-dealkylation sites (N-methyl/N-ethyl adjacent to an activating group) is 1. The fourth-order valence-electron chi connectivity index (χ4n) is 3.40. The Morgan fingerprint density at radius 2 is 1.97 bits per heavy atom. The minimum absolute atomic E-state index is 0.0242. The number of carbonyl (C=O) groups excluding carboxylic acids is 3. The quantitative estimate of drug-likeness (QED) is 0.655. The van der Waals surface area contributed by atoms with Gasteiger partial charge in [0, 0.05) is 4.88 Å². The fourth-order valence-corrected chi connectivity index (χ4v) is 4.05. The van der Waals surface area contributed by atoms with E-state index in [0.717, 1.165) is 4.88 Å². The molecule has 0 saturated carbocycles. The Balaban J connectivity index is 1.76. The zero-order valence-electron chi connectivity index (χ0n) is 17.3. The van der Waals surface area contributed by atoms with Crippen molar-refractivity contribution in [3.63, 3.8) is 0 Å². The summed E-state index contributed by atoms with van der Waals surface area (Å²) >= 11 is 1.49. The molecule has 0 saturated heterocycles. The van der Waals surface area contributed by atoms with Crippen LogP contribution in [0.3, 0.4) is 0 Å². The molecule has 1 aliphatic rings. The molecule has 1 aromatic heterocycles. The molecule has 172 valence electrons. The van der Waals surface area contributed by atoms with Gasteiger partial charge in [0.2, 0.25) is 17.7 Å². The van der Waals surface area contributed by atoms with Crippen LogP contribution in [0.2, 0.25) is 0 Å². The molecule has 1 atom stereocenters. The van der Waals surface area contributed by atoms with Crippen molar-refractivity contribution < 1.29 is 27.6 Å². The lowest BCUT2D eigenvalue weighted by Gasteiger charge is -2.33. The van der Waals surface area contributed by atoms with Gasteiger partial charge in [-0.1, -0.05) is 25.1 Å². The number of carbonyl (C=O) groups is 3. The van der Waals surface area contributed by atoms with Crippen molar-refractivity contribution in [2.45, 2.75) is 32.1 Å². The summed E-state index contributed by atoms with van der Waals surface area (Å²) in [6, 6.07) is 7.30. The summed E-state index contributed by atoms with van der Waals surface area (Å²) in [5.41, 5.74) is 0.109. The first kappa shape index (κ1) is 23.7. The van der Waals surface area contributed by atoms with Crippen LogP contribution in [0.1, 0.15) is 18.2 Å². The second kappa shape index (κ2) is 10.1. The first-order valence-corrected chi connectivity index (χ1v) is 10.9. The van der Waals surface area contributed by atoms with Crippen LogP contribution >= 0.6 is 11.3 Å². The summed E-state index contributed by atoms with van der Waals surface area (Å²) in [6.45, 7) is 1.78. The summed E-state index contributed by atoms with van der Waals surface area (Å²) in [7, 11) is 0. The Morgan fingerprint density at radius 1 is 1.22 bits per heavy atom. The molecule has 0 fully saturated rings. The van der Waals surface area contributed by atoms with Gasteiger partial charge in [0.05, 0.1) is 37.4 Å². The molecule has 2 aromatic rings. The summed E-state index contributed by atoms with van der Waals surface area (Å²) in [5.74, 6) is -2.01. The Hall–Kier alpha value is -2.92. The van der Waals surface area contributed by atoms with E-state index >= 15 is 0 Å². The van der Waals surface area contributed by atoms with Crippen LogP contribution in [0.4, 0.5) is 24.5 Å². The van der Waals surface area contributed by atoms with Crippen molar-refractivity contribution in [2.75, 3.05) is 29.9 Å². The van der Waals surface area contributed by atoms with Gasteiger partial charge in [-0.05, 0) is 30.1 Å². The van der Waals surface area contributed by atoms with Crippen molar-refractivity contribution in [3.05, 3.63) is 46.7 Å². The lowest BCUT2D eigenvalue weighted by Crippen LogP contribution is -2.53. The molecular formula is C21H23F3N4O3S. The lowest BCUT2D eigenvalue weighted by atomic mass is 10.1. The van der Waals surface area contributed by atoms with Crippen molar-refractivity contribution in [2.24, 2.45) is 0 Å². The third-order valence-corrected chi connectivity index (χ3v) is 5.86. The van der Waals surface area contributed by atoms with Gasteiger partial charge >= 0.3 is 6.18 Å². The zero-order chi connectivity index (χ0) is 23.3. The number of thiophene rings is 1. The van der Waals surface area contributed by atoms with Gasteiger partial charge in [-0.15, -0.1) is 11.3 Å². The van der Waals surface area contributed by atoms with Gasteiger partial charge < -0.3 is 10.6 Å². The maximum atomic E-state index is 13.8. The third kappa shape index (κ3) is 5.86. The standard InChI is InChI=1S/C21H23F3N4O3S/c1-2-27(12-19(30)25-11-14-6-5-9-32-14)13-20(31)28-16-8-4-3-7-15(16)26-18(29)10-17(28)21(22,23)24/h3-9,17H,2,10-13H2,1H3,(H,25,30)(H,26,29). The number of fused-ring (bicyclic) bond motifs is 1. The number of anilines is 2. The topological polar surface area (TPSA) is 81.8 Å². The molecule has 11 heteroatoms. The third-order valence-electron chi connectivity index (χ3n) is 4.99. The number of rotatable bonds is 7. The number of hydrogen-bond donors (Lipinski definition) is 2. The van der Waals surface area contributed by atoms with Gasteiger partial charge in [-0.25, -0.2) is 0 Å². The van der Waals surface area contributed by atoms with E-state index in [0.29, 0.717) is 11.4 Å². The second-order valence-electron chi connectivity index (χ2n) is 7.25. The number of amides is 3. The van der Waals surface area contributed by atoms with E-state index in [1.807, 2.05) is 17.5 Å². The van der Waals surface area contributed by atoms with Crippen LogP contribution < -0.4 is 15.5 Å². The number of nitrogens with zero attached hydrogens (tertiary/aromatic N) is 2. The highest BCUT2D eigenvalue weighted by molar-refractivity contribution is 7.09. The van der Waals surface area contributed by atoms with Gasteiger partial charge in [0.25, 0.3) is 0 Å². The van der Waals surface area contributed by atoms with E-state index in [2.05, 4.69) is 10.6 Å². The van der Waals surface area contributed by atoms with E-state index < -0.39 is 37.0 Å². The Bertz CT molecular complexity index is 965. The van der Waals surface area contributed by atoms with E-state index in [4.69, 9.17) is 0 Å². The van der Waals surface area contributed by atoms with Crippen molar-refractivity contribution >= 4 is 40.4 Å². The lowest BCUT2D eigenvalue weighted by molar-refractivity contribution is -0.158. The van der Waals surface area contributed by atoms with Crippen molar-refractivity contribution in [3.8, 4) is 0 Å². The number of nitrogens with one attached hydrogen (secondary N) is 2. The first-order valence-electron chi connectivity index (χ1n) is 9.98. The molecule has 0 radical (unpaired) electrons. The molecule has 0 bridgehead atoms. The average Bonchev–Trinajstić information content (AvgIpc) is 3.19. The van der Waals surface area contributed by atoms with Gasteiger partial charge in [-0.2, -0.15) is 13.2 Å². The predicted molar refractivity (Wildman–Crippen MR) is 115 cm³/mol. The molecule has 3 amide bonds. The molecule has 7 nitrogen and oxygen atoms in total. The molecular weight excluding hydrogens is 445 g/mol. The van der Waals surface area contributed by atoms with E-state index in [1.54, 1.807) is 13.0 Å². The molecule has 0 spiro atoms. The van der Waals surface area contributed by atoms with E-state index in [-0.39, 0.29) is 30.4 Å². The van der Waals surface area contributed by atoms with E-state index in [1.165, 1.54) is 34.4 Å². The highest BCUT2D eigenvalue weighted by Crippen LogP contribution is 2.37. The summed E-state index contributed by atoms with van der Waals surface area (Å²) in [5, 5.41) is 7.05. The molecule has 3 rings (SSSR count). The van der Waals surface area contributed by atoms with Crippen molar-refractivity contribution in [1.82, 2.24) is 10.2 Å². The number of benzene rings is 1. The average molecular weight is 469 g/mol. The van der Waals surface area contributed by atoms with Crippen molar-refractivity contribution in [1.29, 1.82) is 0 Å².